The van der Waals surface area contributed by atoms with E-state index in [1.807, 2.05) is 0 Å². The van der Waals surface area contributed by atoms with Crippen molar-refractivity contribution in [3.63, 3.8) is 0 Å². The number of nitrogens with one attached hydrogen (secondary N) is 2. The normalized spacial score (nSPS) is 11.4. The lowest BCUT2D eigenvalue weighted by molar-refractivity contribution is -0.142. The Hall–Kier alpha value is -1.95. The molecule has 0 fully saturated rings. The topological polar surface area (TPSA) is 76.7 Å². The summed E-state index contributed by atoms with van der Waals surface area (Å²) in [5.41, 5.74) is 0.486. The van der Waals surface area contributed by atoms with Crippen LogP contribution in [-0.4, -0.2) is 32.3 Å². The minimum Gasteiger partial charge on any atom is -0.495 e. The van der Waals surface area contributed by atoms with Crippen LogP contribution in [0.2, 0.25) is 5.02 Å². The standard InChI is InChI=1S/C12H15ClN2O4/c1-7(11(16)19-3)14-12(17)15-8-4-5-10(18-2)9(13)6-8/h4-7H,1-3H3,(H2,14,15,17). The van der Waals surface area contributed by atoms with E-state index in [-0.39, 0.29) is 0 Å². The Morgan fingerprint density at radius 1 is 1.32 bits per heavy atom. The van der Waals surface area contributed by atoms with Gasteiger partial charge in [-0.2, -0.15) is 0 Å². The Balaban J connectivity index is 2.62. The summed E-state index contributed by atoms with van der Waals surface area (Å²) in [4.78, 5) is 22.7. The van der Waals surface area contributed by atoms with Gasteiger partial charge in [-0.05, 0) is 25.1 Å². The molecule has 2 N–H and O–H groups in total. The lowest BCUT2D eigenvalue weighted by Crippen LogP contribution is -2.41. The number of carbonyl (C=O) groups excluding carboxylic acids is 2. The smallest absolute Gasteiger partial charge is 0.328 e. The van der Waals surface area contributed by atoms with Crippen molar-refractivity contribution >= 4 is 29.3 Å². The van der Waals surface area contributed by atoms with E-state index in [1.54, 1.807) is 18.2 Å². The van der Waals surface area contributed by atoms with Crippen LogP contribution in [0.4, 0.5) is 10.5 Å². The fraction of sp³-hybridized carbons (Fsp3) is 0.333. The van der Waals surface area contributed by atoms with E-state index in [9.17, 15) is 9.59 Å². The maximum Gasteiger partial charge on any atom is 0.328 e. The average molecular weight is 287 g/mol. The number of urea groups is 1. The molecule has 1 atom stereocenters. The van der Waals surface area contributed by atoms with Gasteiger partial charge in [-0.1, -0.05) is 11.6 Å². The molecule has 0 spiro atoms. The van der Waals surface area contributed by atoms with Crippen LogP contribution in [0.5, 0.6) is 5.75 Å². The first-order valence-electron chi connectivity index (χ1n) is 5.46. The fourth-order valence-electron chi connectivity index (χ4n) is 1.34. The summed E-state index contributed by atoms with van der Waals surface area (Å²) in [5.74, 6) is -0.0153. The zero-order valence-corrected chi connectivity index (χ0v) is 11.6. The van der Waals surface area contributed by atoms with Crippen molar-refractivity contribution < 1.29 is 19.1 Å². The summed E-state index contributed by atoms with van der Waals surface area (Å²) in [6.07, 6.45) is 0. The summed E-state index contributed by atoms with van der Waals surface area (Å²) >= 11 is 5.92. The zero-order chi connectivity index (χ0) is 14.4. The first-order chi connectivity index (χ1) is 8.97. The molecule has 19 heavy (non-hydrogen) atoms. The minimum absolute atomic E-state index is 0.376. The monoisotopic (exact) mass is 286 g/mol. The van der Waals surface area contributed by atoms with Gasteiger partial charge in [0.15, 0.2) is 0 Å². The molecule has 1 rings (SSSR count). The average Bonchev–Trinajstić information content (AvgIpc) is 2.37. The van der Waals surface area contributed by atoms with Gasteiger partial charge < -0.3 is 20.1 Å². The third-order valence-corrected chi connectivity index (χ3v) is 2.61. The van der Waals surface area contributed by atoms with Crippen LogP contribution in [-0.2, 0) is 9.53 Å². The molecule has 1 aromatic rings. The predicted molar refractivity (Wildman–Crippen MR) is 71.6 cm³/mol. The van der Waals surface area contributed by atoms with Crippen LogP contribution >= 0.6 is 11.6 Å². The van der Waals surface area contributed by atoms with E-state index in [0.29, 0.717) is 16.5 Å². The van der Waals surface area contributed by atoms with Crippen LogP contribution in [0.1, 0.15) is 6.92 Å². The van der Waals surface area contributed by atoms with E-state index < -0.39 is 18.0 Å². The molecule has 6 nitrogen and oxygen atoms in total. The van der Waals surface area contributed by atoms with E-state index in [0.717, 1.165) is 0 Å². The Bertz CT molecular complexity index is 479. The quantitative estimate of drug-likeness (QED) is 0.830. The van der Waals surface area contributed by atoms with E-state index >= 15 is 0 Å². The third-order valence-electron chi connectivity index (χ3n) is 2.31. The van der Waals surface area contributed by atoms with Crippen molar-refractivity contribution in [1.29, 1.82) is 0 Å². The second kappa shape index (κ2) is 6.84. The minimum atomic E-state index is -0.737. The van der Waals surface area contributed by atoms with Crippen LogP contribution in [0, 0.1) is 0 Å². The van der Waals surface area contributed by atoms with Crippen molar-refractivity contribution in [3.05, 3.63) is 23.2 Å². The summed E-state index contributed by atoms with van der Waals surface area (Å²) in [5, 5.41) is 5.35. The van der Waals surface area contributed by atoms with Crippen LogP contribution < -0.4 is 15.4 Å². The fourth-order valence-corrected chi connectivity index (χ4v) is 1.60. The molecule has 1 unspecified atom stereocenters. The van der Waals surface area contributed by atoms with Gasteiger partial charge in [-0.25, -0.2) is 9.59 Å². The summed E-state index contributed by atoms with van der Waals surface area (Å²) < 4.78 is 9.49. The van der Waals surface area contributed by atoms with Gasteiger partial charge >= 0.3 is 12.0 Å². The van der Waals surface area contributed by atoms with Gasteiger partial charge in [0, 0.05) is 5.69 Å². The van der Waals surface area contributed by atoms with Crippen molar-refractivity contribution in [2.75, 3.05) is 19.5 Å². The predicted octanol–water partition coefficient (Wildman–Crippen LogP) is 2.03. The number of esters is 1. The third kappa shape index (κ3) is 4.33. The molecule has 2 amide bonds. The number of amides is 2. The van der Waals surface area contributed by atoms with Crippen molar-refractivity contribution in [1.82, 2.24) is 5.32 Å². The second-order valence-electron chi connectivity index (χ2n) is 3.69. The summed E-state index contributed by atoms with van der Waals surface area (Å²) in [6, 6.07) is 3.54. The Kier molecular flexibility index (Phi) is 5.44. The van der Waals surface area contributed by atoms with Gasteiger partial charge in [0.2, 0.25) is 0 Å². The molecule has 0 aliphatic carbocycles. The highest BCUT2D eigenvalue weighted by Gasteiger charge is 2.15. The Labute approximate surface area is 116 Å². The molecule has 0 aliphatic rings. The van der Waals surface area contributed by atoms with Crippen molar-refractivity contribution in [3.8, 4) is 5.75 Å². The zero-order valence-electron chi connectivity index (χ0n) is 10.8. The largest absolute Gasteiger partial charge is 0.495 e. The summed E-state index contributed by atoms with van der Waals surface area (Å²) in [6.45, 7) is 1.52. The molecule has 0 aliphatic heterocycles. The molecule has 0 radical (unpaired) electrons. The molecule has 104 valence electrons. The van der Waals surface area contributed by atoms with Gasteiger partial charge in [0.05, 0.1) is 19.2 Å². The number of rotatable bonds is 4. The van der Waals surface area contributed by atoms with E-state index in [4.69, 9.17) is 16.3 Å². The Morgan fingerprint density at radius 3 is 2.53 bits per heavy atom. The van der Waals surface area contributed by atoms with Crippen LogP contribution in [0.25, 0.3) is 0 Å². The van der Waals surface area contributed by atoms with Gasteiger partial charge in [0.1, 0.15) is 11.8 Å². The number of anilines is 1. The lowest BCUT2D eigenvalue weighted by Gasteiger charge is -2.13. The maximum atomic E-state index is 11.6. The molecule has 0 heterocycles. The van der Waals surface area contributed by atoms with Crippen molar-refractivity contribution in [2.45, 2.75) is 13.0 Å². The Morgan fingerprint density at radius 2 is 2.00 bits per heavy atom. The number of hydrogen-bond acceptors (Lipinski definition) is 4. The highest BCUT2D eigenvalue weighted by molar-refractivity contribution is 6.32. The van der Waals surface area contributed by atoms with E-state index in [1.165, 1.54) is 21.1 Å². The SMILES string of the molecule is COC(=O)C(C)NC(=O)Nc1ccc(OC)c(Cl)c1. The number of carbonyl (C=O) groups is 2. The van der Waals surface area contributed by atoms with Gasteiger partial charge in [0.25, 0.3) is 0 Å². The molecule has 7 heteroatoms. The highest BCUT2D eigenvalue weighted by Crippen LogP contribution is 2.27. The van der Waals surface area contributed by atoms with Crippen LogP contribution in [0.15, 0.2) is 18.2 Å². The number of hydrogen-bond donors (Lipinski definition) is 2. The molecular weight excluding hydrogens is 272 g/mol. The van der Waals surface area contributed by atoms with E-state index in [2.05, 4.69) is 15.4 Å². The number of halogens is 1. The number of methoxy groups -OCH3 is 2. The van der Waals surface area contributed by atoms with Crippen molar-refractivity contribution in [2.24, 2.45) is 0 Å². The highest BCUT2D eigenvalue weighted by atomic mass is 35.5. The number of ether oxygens (including phenoxy) is 2. The molecule has 0 aromatic heterocycles. The van der Waals surface area contributed by atoms with Crippen LogP contribution in [0.3, 0.4) is 0 Å². The molecule has 0 saturated heterocycles. The number of benzene rings is 1. The first-order valence-corrected chi connectivity index (χ1v) is 5.84. The molecule has 1 aromatic carbocycles. The van der Waals surface area contributed by atoms with Gasteiger partial charge in [-0.3, -0.25) is 0 Å². The molecule has 0 bridgehead atoms. The summed E-state index contributed by atoms with van der Waals surface area (Å²) in [7, 11) is 2.75. The second-order valence-corrected chi connectivity index (χ2v) is 4.10. The molecular formula is C12H15ClN2O4. The van der Waals surface area contributed by atoms with Gasteiger partial charge in [-0.15, -0.1) is 0 Å². The first kappa shape index (κ1) is 15.1. The lowest BCUT2D eigenvalue weighted by atomic mass is 10.3. The maximum absolute atomic E-state index is 11.6. The molecule has 0 saturated carbocycles.